The number of anilines is 1. The maximum atomic E-state index is 12.1. The molecule has 2 aromatic carbocycles. The zero-order chi connectivity index (χ0) is 21.1. The van der Waals surface area contributed by atoms with E-state index in [9.17, 15) is 4.79 Å². The van der Waals surface area contributed by atoms with Crippen molar-refractivity contribution in [1.29, 1.82) is 0 Å². The molecule has 0 radical (unpaired) electrons. The number of ether oxygens (including phenoxy) is 2. The van der Waals surface area contributed by atoms with Crippen LogP contribution in [0.15, 0.2) is 48.5 Å². The Kier molecular flexibility index (Phi) is 8.98. The fraction of sp³-hybridized carbons (Fsp3) is 0.273. The number of methoxy groups -OCH3 is 2. The second-order valence-corrected chi connectivity index (χ2v) is 6.69. The summed E-state index contributed by atoms with van der Waals surface area (Å²) in [7, 11) is 3.12. The molecule has 0 aliphatic rings. The number of hydrazine groups is 1. The van der Waals surface area contributed by atoms with Crippen molar-refractivity contribution >= 4 is 35.0 Å². The highest BCUT2D eigenvalue weighted by Gasteiger charge is 2.07. The molecule has 3 N–H and O–H groups in total. The highest BCUT2D eigenvalue weighted by Crippen LogP contribution is 2.31. The van der Waals surface area contributed by atoms with Gasteiger partial charge in [-0.05, 0) is 54.9 Å². The van der Waals surface area contributed by atoms with Gasteiger partial charge in [-0.1, -0.05) is 37.6 Å². The van der Waals surface area contributed by atoms with Crippen molar-refractivity contribution in [2.75, 3.05) is 19.5 Å². The summed E-state index contributed by atoms with van der Waals surface area (Å²) in [5.41, 5.74) is 8.08. The fourth-order valence-electron chi connectivity index (χ4n) is 2.67. The molecule has 0 aliphatic heterocycles. The Balaban J connectivity index is 1.84. The summed E-state index contributed by atoms with van der Waals surface area (Å²) in [4.78, 5) is 12.1. The van der Waals surface area contributed by atoms with Gasteiger partial charge in [-0.25, -0.2) is 0 Å². The van der Waals surface area contributed by atoms with Gasteiger partial charge in [0.25, 0.3) is 5.91 Å². The van der Waals surface area contributed by atoms with Crippen LogP contribution in [-0.2, 0) is 11.2 Å². The van der Waals surface area contributed by atoms with Gasteiger partial charge in [0, 0.05) is 17.3 Å². The van der Waals surface area contributed by atoms with Crippen LogP contribution in [-0.4, -0.2) is 25.2 Å². The van der Waals surface area contributed by atoms with E-state index in [2.05, 4.69) is 35.2 Å². The van der Waals surface area contributed by atoms with Crippen LogP contribution in [0, 0.1) is 0 Å². The van der Waals surface area contributed by atoms with E-state index in [0.29, 0.717) is 16.6 Å². The van der Waals surface area contributed by atoms with E-state index in [1.807, 2.05) is 24.3 Å². The van der Waals surface area contributed by atoms with E-state index >= 15 is 0 Å². The third kappa shape index (κ3) is 7.12. The van der Waals surface area contributed by atoms with Gasteiger partial charge < -0.3 is 14.8 Å². The number of nitrogens with one attached hydrogen (secondary N) is 3. The average Bonchev–Trinajstić information content (AvgIpc) is 2.75. The summed E-state index contributed by atoms with van der Waals surface area (Å²) in [6, 6.07) is 13.5. The quantitative estimate of drug-likeness (QED) is 0.344. The molecule has 2 aromatic rings. The van der Waals surface area contributed by atoms with Crippen molar-refractivity contribution in [3.05, 3.63) is 59.7 Å². The lowest BCUT2D eigenvalue weighted by Crippen LogP contribution is -2.43. The van der Waals surface area contributed by atoms with Gasteiger partial charge >= 0.3 is 0 Å². The number of amides is 1. The van der Waals surface area contributed by atoms with E-state index in [1.54, 1.807) is 26.4 Å². The molecule has 2 rings (SSSR count). The number of aryl methyl sites for hydroxylation is 1. The first-order chi connectivity index (χ1) is 14.1. The highest BCUT2D eigenvalue weighted by atomic mass is 32.1. The van der Waals surface area contributed by atoms with Crippen LogP contribution in [0.3, 0.4) is 0 Å². The van der Waals surface area contributed by atoms with Gasteiger partial charge in [-0.15, -0.1) is 0 Å². The Morgan fingerprint density at radius 1 is 1.07 bits per heavy atom. The van der Waals surface area contributed by atoms with E-state index in [0.717, 1.165) is 17.7 Å². The topological polar surface area (TPSA) is 71.6 Å². The normalized spacial score (nSPS) is 10.4. The second-order valence-electron chi connectivity index (χ2n) is 6.28. The maximum Gasteiger partial charge on any atom is 0.262 e. The molecule has 0 unspecified atom stereocenters. The van der Waals surface area contributed by atoms with Crippen LogP contribution >= 0.6 is 12.2 Å². The molecule has 154 valence electrons. The average molecular weight is 414 g/mol. The zero-order valence-corrected chi connectivity index (χ0v) is 17.8. The van der Waals surface area contributed by atoms with Crippen molar-refractivity contribution < 1.29 is 14.3 Å². The lowest BCUT2D eigenvalue weighted by molar-refractivity contribution is -0.116. The predicted octanol–water partition coefficient (Wildman–Crippen LogP) is 4.08. The van der Waals surface area contributed by atoms with Gasteiger partial charge in [0.15, 0.2) is 16.6 Å². The Morgan fingerprint density at radius 2 is 1.83 bits per heavy atom. The summed E-state index contributed by atoms with van der Waals surface area (Å²) in [6.07, 6.45) is 6.44. The van der Waals surface area contributed by atoms with Gasteiger partial charge in [-0.2, -0.15) is 0 Å². The van der Waals surface area contributed by atoms with Crippen LogP contribution in [0.25, 0.3) is 6.08 Å². The van der Waals surface area contributed by atoms with Crippen LogP contribution in [0.4, 0.5) is 5.69 Å². The smallest absolute Gasteiger partial charge is 0.262 e. The van der Waals surface area contributed by atoms with Crippen molar-refractivity contribution in [2.24, 2.45) is 0 Å². The van der Waals surface area contributed by atoms with Gasteiger partial charge in [0.05, 0.1) is 14.2 Å². The standard InChI is InChI=1S/C22H27N3O3S/c1-4-5-7-16-10-13-18(14-11-16)23-22(29)25-24-20(26)15-12-17-8-6-9-19(27-2)21(17)28-3/h6,8-15H,4-5,7H2,1-3H3,(H,24,26)(H2,23,25,29)/b15-12+. The van der Waals surface area contributed by atoms with Crippen LogP contribution in [0.1, 0.15) is 30.9 Å². The van der Waals surface area contributed by atoms with Crippen LogP contribution in [0.5, 0.6) is 11.5 Å². The Bertz CT molecular complexity index is 851. The van der Waals surface area contributed by atoms with Crippen molar-refractivity contribution in [3.63, 3.8) is 0 Å². The second kappa shape index (κ2) is 11.7. The molecule has 7 heteroatoms. The SMILES string of the molecule is CCCCc1ccc(NC(=S)NNC(=O)/C=C/c2cccc(OC)c2OC)cc1. The number of carbonyl (C=O) groups excluding carboxylic acids is 1. The van der Waals surface area contributed by atoms with Crippen molar-refractivity contribution in [1.82, 2.24) is 10.9 Å². The lowest BCUT2D eigenvalue weighted by Gasteiger charge is -2.11. The van der Waals surface area contributed by atoms with Crippen LogP contribution < -0.4 is 25.6 Å². The number of hydrogen-bond donors (Lipinski definition) is 3. The molecule has 0 heterocycles. The van der Waals surface area contributed by atoms with Crippen LogP contribution in [0.2, 0.25) is 0 Å². The summed E-state index contributed by atoms with van der Waals surface area (Å²) < 4.78 is 10.6. The number of hydrogen-bond acceptors (Lipinski definition) is 4. The highest BCUT2D eigenvalue weighted by molar-refractivity contribution is 7.80. The molecule has 0 aromatic heterocycles. The molecule has 0 aliphatic carbocycles. The third-order valence-corrected chi connectivity index (χ3v) is 4.38. The first-order valence-electron chi connectivity index (χ1n) is 9.42. The van der Waals surface area contributed by atoms with Crippen molar-refractivity contribution in [3.8, 4) is 11.5 Å². The third-order valence-electron chi connectivity index (χ3n) is 4.18. The van der Waals surface area contributed by atoms with Gasteiger partial charge in [-0.3, -0.25) is 15.6 Å². The van der Waals surface area contributed by atoms with E-state index in [-0.39, 0.29) is 5.91 Å². The lowest BCUT2D eigenvalue weighted by atomic mass is 10.1. The summed E-state index contributed by atoms with van der Waals surface area (Å²) in [5.74, 6) is 0.805. The maximum absolute atomic E-state index is 12.1. The van der Waals surface area contributed by atoms with E-state index in [4.69, 9.17) is 21.7 Å². The number of para-hydroxylation sites is 1. The zero-order valence-electron chi connectivity index (χ0n) is 17.0. The van der Waals surface area contributed by atoms with E-state index < -0.39 is 0 Å². The van der Waals surface area contributed by atoms with Crippen molar-refractivity contribution in [2.45, 2.75) is 26.2 Å². The summed E-state index contributed by atoms with van der Waals surface area (Å²) in [6.45, 7) is 2.18. The fourth-order valence-corrected chi connectivity index (χ4v) is 2.84. The molecular formula is C22H27N3O3S. The molecule has 0 atom stereocenters. The number of unbranched alkanes of at least 4 members (excludes halogenated alkanes) is 1. The molecule has 0 bridgehead atoms. The number of thiocarbonyl (C=S) groups is 1. The molecule has 0 fully saturated rings. The first kappa shape index (κ1) is 22.2. The van der Waals surface area contributed by atoms with E-state index in [1.165, 1.54) is 24.5 Å². The summed E-state index contributed by atoms with van der Waals surface area (Å²) in [5, 5.41) is 3.33. The molecule has 6 nitrogen and oxygen atoms in total. The summed E-state index contributed by atoms with van der Waals surface area (Å²) >= 11 is 5.21. The van der Waals surface area contributed by atoms with Gasteiger partial charge in [0.2, 0.25) is 0 Å². The minimum atomic E-state index is -0.353. The molecule has 0 spiro atoms. The molecule has 0 saturated heterocycles. The molecule has 1 amide bonds. The van der Waals surface area contributed by atoms with Gasteiger partial charge in [0.1, 0.15) is 0 Å². The minimum absolute atomic E-state index is 0.298. The number of benzene rings is 2. The number of rotatable bonds is 8. The first-order valence-corrected chi connectivity index (χ1v) is 9.83. The molecule has 29 heavy (non-hydrogen) atoms. The Labute approximate surface area is 177 Å². The predicted molar refractivity (Wildman–Crippen MR) is 121 cm³/mol. The Hall–Kier alpha value is -3.06. The monoisotopic (exact) mass is 413 g/mol. The molecule has 0 saturated carbocycles. The largest absolute Gasteiger partial charge is 0.493 e. The molecular weight excluding hydrogens is 386 g/mol. The minimum Gasteiger partial charge on any atom is -0.493 e. The number of carbonyl (C=O) groups is 1. The Morgan fingerprint density at radius 3 is 2.48 bits per heavy atom.